The van der Waals surface area contributed by atoms with Gasteiger partial charge in [0, 0.05) is 12.1 Å². The molecule has 2 rings (SSSR count). The van der Waals surface area contributed by atoms with Crippen LogP contribution < -0.4 is 10.6 Å². The predicted molar refractivity (Wildman–Crippen MR) is 54.0 cm³/mol. The first-order valence-corrected chi connectivity index (χ1v) is 5.52. The first-order valence-electron chi connectivity index (χ1n) is 5.52. The minimum Gasteiger partial charge on any atom is -0.481 e. The van der Waals surface area contributed by atoms with E-state index in [1.165, 1.54) is 0 Å². The second-order valence-electron chi connectivity index (χ2n) is 4.59. The Labute approximate surface area is 88.9 Å². The fourth-order valence-corrected chi connectivity index (χ4v) is 2.95. The Kier molecular flexibility index (Phi) is 2.95. The number of carboxylic acids is 1. The van der Waals surface area contributed by atoms with Crippen molar-refractivity contribution in [3.8, 4) is 0 Å². The van der Waals surface area contributed by atoms with Crippen LogP contribution in [0.4, 0.5) is 0 Å². The summed E-state index contributed by atoms with van der Waals surface area (Å²) in [6.45, 7) is 1.98. The number of hydrogen-bond donors (Lipinski definition) is 4. The van der Waals surface area contributed by atoms with E-state index in [0.29, 0.717) is 0 Å². The summed E-state index contributed by atoms with van der Waals surface area (Å²) in [6, 6.07) is 0.202. The van der Waals surface area contributed by atoms with Gasteiger partial charge in [0.15, 0.2) is 6.35 Å². The topological polar surface area (TPSA) is 81.6 Å². The normalized spacial score (nSPS) is 45.9. The molecule has 1 heterocycles. The number of carboxylic acid groups (broad SMARTS) is 1. The van der Waals surface area contributed by atoms with Gasteiger partial charge >= 0.3 is 5.97 Å². The Balaban J connectivity index is 2.06. The van der Waals surface area contributed by atoms with Crippen molar-refractivity contribution in [3.63, 3.8) is 0 Å². The first kappa shape index (κ1) is 10.9. The Morgan fingerprint density at radius 1 is 1.33 bits per heavy atom. The number of nitrogens with one attached hydrogen (secondary N) is 2. The Bertz CT molecular complexity index is 259. The minimum absolute atomic E-state index is 0.0728. The number of hydrogen-bond acceptors (Lipinski definition) is 4. The highest BCUT2D eigenvalue weighted by atomic mass is 16.4. The van der Waals surface area contributed by atoms with E-state index in [9.17, 15) is 9.90 Å². The molecular weight excluding hydrogens is 196 g/mol. The van der Waals surface area contributed by atoms with Crippen molar-refractivity contribution in [3.05, 3.63) is 0 Å². The summed E-state index contributed by atoms with van der Waals surface area (Å²) in [4.78, 5) is 11.0. The highest BCUT2D eigenvalue weighted by Crippen LogP contribution is 2.36. The standard InChI is InChI=1S/C10H18N2O3/c1-5-8(12-10(15)11-5)6-3-2-4-7(6)9(13)14/h5-8,10-12,15H,2-4H2,1H3,(H,13,14). The zero-order chi connectivity index (χ0) is 11.0. The van der Waals surface area contributed by atoms with E-state index in [1.807, 2.05) is 6.92 Å². The molecule has 0 aromatic rings. The number of aliphatic hydroxyl groups excluding tert-OH is 1. The summed E-state index contributed by atoms with van der Waals surface area (Å²) in [6.07, 6.45) is 1.98. The molecule has 5 unspecified atom stereocenters. The van der Waals surface area contributed by atoms with Gasteiger partial charge in [-0.3, -0.25) is 15.4 Å². The third-order valence-corrected chi connectivity index (χ3v) is 3.66. The quantitative estimate of drug-likeness (QED) is 0.508. The van der Waals surface area contributed by atoms with Crippen LogP contribution in [0.15, 0.2) is 0 Å². The lowest BCUT2D eigenvalue weighted by Gasteiger charge is -2.25. The third-order valence-electron chi connectivity index (χ3n) is 3.66. The van der Waals surface area contributed by atoms with Crippen molar-refractivity contribution in [1.29, 1.82) is 0 Å². The van der Waals surface area contributed by atoms with Crippen molar-refractivity contribution in [2.24, 2.45) is 11.8 Å². The Morgan fingerprint density at radius 3 is 2.60 bits per heavy atom. The monoisotopic (exact) mass is 214 g/mol. The van der Waals surface area contributed by atoms with Crippen LogP contribution in [0.3, 0.4) is 0 Å². The molecule has 4 N–H and O–H groups in total. The molecule has 0 bridgehead atoms. The summed E-state index contributed by atoms with van der Waals surface area (Å²) in [7, 11) is 0. The van der Waals surface area contributed by atoms with E-state index in [-0.39, 0.29) is 23.9 Å². The van der Waals surface area contributed by atoms with Gasteiger partial charge in [-0.1, -0.05) is 6.42 Å². The molecule has 5 atom stereocenters. The van der Waals surface area contributed by atoms with E-state index in [4.69, 9.17) is 5.11 Å². The van der Waals surface area contributed by atoms with E-state index in [0.717, 1.165) is 19.3 Å². The molecule has 5 heteroatoms. The van der Waals surface area contributed by atoms with Crippen molar-refractivity contribution in [1.82, 2.24) is 10.6 Å². The minimum atomic E-state index is -0.701. The largest absolute Gasteiger partial charge is 0.481 e. The molecule has 0 aromatic carbocycles. The number of aliphatic carboxylic acids is 1. The van der Waals surface area contributed by atoms with Crippen LogP contribution in [0.5, 0.6) is 0 Å². The predicted octanol–water partition coefficient (Wildman–Crippen LogP) is -0.287. The van der Waals surface area contributed by atoms with E-state index in [2.05, 4.69) is 10.6 Å². The molecule has 1 aliphatic carbocycles. The van der Waals surface area contributed by atoms with Crippen molar-refractivity contribution >= 4 is 5.97 Å². The summed E-state index contributed by atoms with van der Waals surface area (Å²) in [5.41, 5.74) is 0. The van der Waals surface area contributed by atoms with Crippen LogP contribution in [0.1, 0.15) is 26.2 Å². The van der Waals surface area contributed by atoms with Gasteiger partial charge in [-0.15, -0.1) is 0 Å². The lowest BCUT2D eigenvalue weighted by molar-refractivity contribution is -0.143. The molecule has 1 aliphatic heterocycles. The van der Waals surface area contributed by atoms with E-state index in [1.54, 1.807) is 0 Å². The summed E-state index contributed by atoms with van der Waals surface area (Å²) >= 11 is 0. The van der Waals surface area contributed by atoms with E-state index >= 15 is 0 Å². The van der Waals surface area contributed by atoms with Gasteiger partial charge < -0.3 is 10.2 Å². The van der Waals surface area contributed by atoms with Crippen LogP contribution in [0, 0.1) is 11.8 Å². The zero-order valence-electron chi connectivity index (χ0n) is 8.81. The van der Waals surface area contributed by atoms with Gasteiger partial charge in [-0.2, -0.15) is 0 Å². The Hall–Kier alpha value is -0.650. The highest BCUT2D eigenvalue weighted by molar-refractivity contribution is 5.70. The molecular formula is C10H18N2O3. The van der Waals surface area contributed by atoms with E-state index < -0.39 is 12.3 Å². The van der Waals surface area contributed by atoms with Crippen LogP contribution in [-0.4, -0.2) is 34.6 Å². The number of carbonyl (C=O) groups is 1. The van der Waals surface area contributed by atoms with Gasteiger partial charge in [0.05, 0.1) is 5.92 Å². The molecule has 2 fully saturated rings. The molecule has 1 saturated carbocycles. The summed E-state index contributed by atoms with van der Waals surface area (Å²) < 4.78 is 0. The third kappa shape index (κ3) is 2.00. The van der Waals surface area contributed by atoms with Gasteiger partial charge in [0.25, 0.3) is 0 Å². The fraction of sp³-hybridized carbons (Fsp3) is 0.900. The smallest absolute Gasteiger partial charge is 0.306 e. The summed E-state index contributed by atoms with van der Waals surface area (Å²) in [5.74, 6) is -0.813. The first-order chi connectivity index (χ1) is 7.09. The van der Waals surface area contributed by atoms with Crippen LogP contribution in [0.25, 0.3) is 0 Å². The lowest BCUT2D eigenvalue weighted by Crippen LogP contribution is -2.42. The van der Waals surface area contributed by atoms with Crippen molar-refractivity contribution < 1.29 is 15.0 Å². The molecule has 86 valence electrons. The summed E-state index contributed by atoms with van der Waals surface area (Å²) in [5, 5.41) is 24.4. The molecule has 0 aromatic heterocycles. The molecule has 2 aliphatic rings. The average Bonchev–Trinajstić information content (AvgIpc) is 2.71. The SMILES string of the molecule is CC1NC(O)NC1C1CCCC1C(=O)O. The highest BCUT2D eigenvalue weighted by Gasteiger charge is 2.43. The molecule has 0 spiro atoms. The second-order valence-corrected chi connectivity index (χ2v) is 4.59. The lowest BCUT2D eigenvalue weighted by atomic mass is 9.86. The van der Waals surface area contributed by atoms with Gasteiger partial charge in [0.1, 0.15) is 0 Å². The average molecular weight is 214 g/mol. The molecule has 1 saturated heterocycles. The van der Waals surface area contributed by atoms with Gasteiger partial charge in [-0.25, -0.2) is 0 Å². The van der Waals surface area contributed by atoms with Gasteiger partial charge in [0.2, 0.25) is 0 Å². The molecule has 5 nitrogen and oxygen atoms in total. The Morgan fingerprint density at radius 2 is 2.07 bits per heavy atom. The fourth-order valence-electron chi connectivity index (χ4n) is 2.95. The molecule has 15 heavy (non-hydrogen) atoms. The van der Waals surface area contributed by atoms with Crippen LogP contribution in [0.2, 0.25) is 0 Å². The van der Waals surface area contributed by atoms with Gasteiger partial charge in [-0.05, 0) is 25.7 Å². The molecule has 0 amide bonds. The molecule has 0 radical (unpaired) electrons. The second kappa shape index (κ2) is 4.08. The number of aliphatic hydroxyl groups is 1. The van der Waals surface area contributed by atoms with Crippen LogP contribution in [-0.2, 0) is 4.79 Å². The maximum atomic E-state index is 11.0. The maximum absolute atomic E-state index is 11.0. The maximum Gasteiger partial charge on any atom is 0.306 e. The zero-order valence-corrected chi connectivity index (χ0v) is 8.81. The van der Waals surface area contributed by atoms with Crippen molar-refractivity contribution in [2.75, 3.05) is 0 Å². The van der Waals surface area contributed by atoms with Crippen LogP contribution >= 0.6 is 0 Å². The van der Waals surface area contributed by atoms with Crippen molar-refractivity contribution in [2.45, 2.75) is 44.6 Å². The number of rotatable bonds is 2.